The number of benzene rings is 2. The number of hydrogen-bond donors (Lipinski definition) is 3. The van der Waals surface area contributed by atoms with Gasteiger partial charge in [-0.1, -0.05) is 12.1 Å². The van der Waals surface area contributed by atoms with Crippen molar-refractivity contribution >= 4 is 23.6 Å². The summed E-state index contributed by atoms with van der Waals surface area (Å²) >= 11 is 0. The molecule has 1 heterocycles. The lowest BCUT2D eigenvalue weighted by Gasteiger charge is -2.19. The molecule has 0 aliphatic heterocycles. The SMILES string of the molecule is CC(C)(C)OC(=O)NCCC(=O)Nc1ccc(CNC(=O)c2ccc(-n3cccc3)cc2)cc1. The van der Waals surface area contributed by atoms with Crippen LogP contribution in [0.15, 0.2) is 73.1 Å². The number of alkyl carbamates (subject to hydrolysis) is 1. The van der Waals surface area contributed by atoms with E-state index in [-0.39, 0.29) is 24.8 Å². The Bertz CT molecular complexity index is 1100. The van der Waals surface area contributed by atoms with Crippen molar-refractivity contribution < 1.29 is 19.1 Å². The molecule has 3 aromatic rings. The van der Waals surface area contributed by atoms with Crippen molar-refractivity contribution in [2.75, 3.05) is 11.9 Å². The number of carbonyl (C=O) groups excluding carboxylic acids is 3. The van der Waals surface area contributed by atoms with E-state index in [0.717, 1.165) is 11.3 Å². The number of ether oxygens (including phenoxy) is 1. The van der Waals surface area contributed by atoms with Crippen LogP contribution in [-0.2, 0) is 16.1 Å². The second kappa shape index (κ2) is 11.2. The molecule has 0 saturated carbocycles. The average Bonchev–Trinajstić information content (AvgIpc) is 3.32. The van der Waals surface area contributed by atoms with Gasteiger partial charge in [-0.3, -0.25) is 9.59 Å². The number of hydrogen-bond acceptors (Lipinski definition) is 4. The first kappa shape index (κ1) is 24.6. The predicted octanol–water partition coefficient (Wildman–Crippen LogP) is 4.26. The zero-order valence-electron chi connectivity index (χ0n) is 19.6. The Morgan fingerprint density at radius 2 is 1.53 bits per heavy atom. The van der Waals surface area contributed by atoms with Crippen LogP contribution in [0.1, 0.15) is 43.1 Å². The molecule has 8 nitrogen and oxygen atoms in total. The standard InChI is InChI=1S/C26H30N4O4/c1-26(2,3)34-25(33)27-15-14-23(31)29-21-10-6-19(7-11-21)18-28-24(32)20-8-12-22(13-9-20)30-16-4-5-17-30/h4-13,16-17H,14-15,18H2,1-3H3,(H,27,33)(H,28,32)(H,29,31). The van der Waals surface area contributed by atoms with Crippen LogP contribution in [0, 0.1) is 0 Å². The number of anilines is 1. The topological polar surface area (TPSA) is 101 Å². The number of rotatable bonds is 8. The first-order valence-corrected chi connectivity index (χ1v) is 11.1. The van der Waals surface area contributed by atoms with E-state index in [4.69, 9.17) is 4.74 Å². The zero-order valence-corrected chi connectivity index (χ0v) is 19.6. The van der Waals surface area contributed by atoms with Gasteiger partial charge in [-0.25, -0.2) is 4.79 Å². The highest BCUT2D eigenvalue weighted by Gasteiger charge is 2.16. The van der Waals surface area contributed by atoms with E-state index in [0.29, 0.717) is 17.8 Å². The van der Waals surface area contributed by atoms with Crippen LogP contribution in [0.5, 0.6) is 0 Å². The average molecular weight is 463 g/mol. The Morgan fingerprint density at radius 3 is 2.15 bits per heavy atom. The molecular formula is C26H30N4O4. The minimum Gasteiger partial charge on any atom is -0.444 e. The summed E-state index contributed by atoms with van der Waals surface area (Å²) < 4.78 is 7.10. The summed E-state index contributed by atoms with van der Waals surface area (Å²) in [5.41, 5.74) is 2.53. The molecule has 3 N–H and O–H groups in total. The van der Waals surface area contributed by atoms with E-state index in [9.17, 15) is 14.4 Å². The maximum absolute atomic E-state index is 12.4. The van der Waals surface area contributed by atoms with Gasteiger partial charge in [0, 0.05) is 48.8 Å². The van der Waals surface area contributed by atoms with Crippen LogP contribution in [0.25, 0.3) is 5.69 Å². The molecule has 0 atom stereocenters. The smallest absolute Gasteiger partial charge is 0.407 e. The number of nitrogens with zero attached hydrogens (tertiary/aromatic N) is 1. The highest BCUT2D eigenvalue weighted by molar-refractivity contribution is 5.94. The minimum atomic E-state index is -0.582. The molecule has 0 spiro atoms. The summed E-state index contributed by atoms with van der Waals surface area (Å²) in [5.74, 6) is -0.380. The molecule has 0 aliphatic rings. The van der Waals surface area contributed by atoms with Gasteiger partial charge >= 0.3 is 6.09 Å². The third-order valence-corrected chi connectivity index (χ3v) is 4.74. The molecule has 0 unspecified atom stereocenters. The van der Waals surface area contributed by atoms with Crippen molar-refractivity contribution in [3.05, 3.63) is 84.2 Å². The molecule has 0 bridgehead atoms. The van der Waals surface area contributed by atoms with E-state index < -0.39 is 11.7 Å². The fourth-order valence-corrected chi connectivity index (χ4v) is 3.10. The van der Waals surface area contributed by atoms with Crippen molar-refractivity contribution in [2.24, 2.45) is 0 Å². The van der Waals surface area contributed by atoms with E-state index in [1.165, 1.54) is 0 Å². The molecule has 3 rings (SSSR count). The summed E-state index contributed by atoms with van der Waals surface area (Å²) in [6, 6.07) is 18.5. The quantitative estimate of drug-likeness (QED) is 0.466. The van der Waals surface area contributed by atoms with Gasteiger partial charge in [0.1, 0.15) is 5.60 Å². The van der Waals surface area contributed by atoms with Crippen LogP contribution in [-0.4, -0.2) is 34.6 Å². The molecule has 0 saturated heterocycles. The van der Waals surface area contributed by atoms with Gasteiger partial charge in [0.25, 0.3) is 5.91 Å². The maximum Gasteiger partial charge on any atom is 0.407 e. The molecule has 34 heavy (non-hydrogen) atoms. The van der Waals surface area contributed by atoms with Crippen molar-refractivity contribution in [1.29, 1.82) is 0 Å². The Balaban J connectivity index is 1.40. The fraction of sp³-hybridized carbons (Fsp3) is 0.269. The molecule has 0 aliphatic carbocycles. The van der Waals surface area contributed by atoms with Gasteiger partial charge in [0.2, 0.25) is 5.91 Å². The Morgan fingerprint density at radius 1 is 0.882 bits per heavy atom. The minimum absolute atomic E-state index is 0.125. The molecule has 2 aromatic carbocycles. The number of carbonyl (C=O) groups is 3. The Labute approximate surface area is 199 Å². The van der Waals surface area contributed by atoms with Gasteiger partial charge in [0.15, 0.2) is 0 Å². The second-order valence-corrected chi connectivity index (χ2v) is 8.74. The maximum atomic E-state index is 12.4. The van der Waals surface area contributed by atoms with Crippen molar-refractivity contribution in [1.82, 2.24) is 15.2 Å². The molecule has 0 fully saturated rings. The largest absolute Gasteiger partial charge is 0.444 e. The van der Waals surface area contributed by atoms with E-state index >= 15 is 0 Å². The third kappa shape index (κ3) is 7.81. The molecule has 178 valence electrons. The van der Waals surface area contributed by atoms with E-state index in [1.807, 2.05) is 53.4 Å². The fourth-order valence-electron chi connectivity index (χ4n) is 3.10. The van der Waals surface area contributed by atoms with Crippen molar-refractivity contribution in [3.63, 3.8) is 0 Å². The van der Waals surface area contributed by atoms with Crippen LogP contribution in [0.2, 0.25) is 0 Å². The van der Waals surface area contributed by atoms with Crippen LogP contribution in [0.3, 0.4) is 0 Å². The van der Waals surface area contributed by atoms with Crippen molar-refractivity contribution in [2.45, 2.75) is 39.3 Å². The predicted molar refractivity (Wildman–Crippen MR) is 131 cm³/mol. The number of amides is 3. The summed E-state index contributed by atoms with van der Waals surface area (Å²) in [5, 5.41) is 8.23. The second-order valence-electron chi connectivity index (χ2n) is 8.74. The van der Waals surface area contributed by atoms with Gasteiger partial charge in [0.05, 0.1) is 0 Å². The van der Waals surface area contributed by atoms with Crippen LogP contribution < -0.4 is 16.0 Å². The lowest BCUT2D eigenvalue weighted by Crippen LogP contribution is -2.34. The molecular weight excluding hydrogens is 432 g/mol. The Hall–Kier alpha value is -4.07. The lowest BCUT2D eigenvalue weighted by atomic mass is 10.1. The summed E-state index contributed by atoms with van der Waals surface area (Å²) in [6.45, 7) is 5.87. The number of aromatic nitrogens is 1. The van der Waals surface area contributed by atoms with Crippen molar-refractivity contribution in [3.8, 4) is 5.69 Å². The first-order valence-electron chi connectivity index (χ1n) is 11.1. The summed E-state index contributed by atoms with van der Waals surface area (Å²) in [7, 11) is 0. The number of nitrogens with one attached hydrogen (secondary N) is 3. The summed E-state index contributed by atoms with van der Waals surface area (Å²) in [6.07, 6.45) is 3.47. The van der Waals surface area contributed by atoms with Gasteiger partial charge in [-0.15, -0.1) is 0 Å². The molecule has 8 heteroatoms. The molecule has 0 radical (unpaired) electrons. The summed E-state index contributed by atoms with van der Waals surface area (Å²) in [4.78, 5) is 36.1. The zero-order chi connectivity index (χ0) is 24.6. The molecule has 3 amide bonds. The van der Waals surface area contributed by atoms with Gasteiger partial charge in [-0.2, -0.15) is 0 Å². The van der Waals surface area contributed by atoms with Crippen LogP contribution >= 0.6 is 0 Å². The first-order chi connectivity index (χ1) is 16.2. The van der Waals surface area contributed by atoms with E-state index in [1.54, 1.807) is 45.0 Å². The highest BCUT2D eigenvalue weighted by Crippen LogP contribution is 2.12. The monoisotopic (exact) mass is 462 g/mol. The third-order valence-electron chi connectivity index (χ3n) is 4.74. The van der Waals surface area contributed by atoms with Gasteiger partial charge < -0.3 is 25.3 Å². The lowest BCUT2D eigenvalue weighted by molar-refractivity contribution is -0.116. The van der Waals surface area contributed by atoms with E-state index in [2.05, 4.69) is 16.0 Å². The van der Waals surface area contributed by atoms with Gasteiger partial charge in [-0.05, 0) is 74.9 Å². The normalized spacial score (nSPS) is 10.9. The van der Waals surface area contributed by atoms with Crippen LogP contribution in [0.4, 0.5) is 10.5 Å². The highest BCUT2D eigenvalue weighted by atomic mass is 16.6. The molecule has 1 aromatic heterocycles. The Kier molecular flexibility index (Phi) is 8.08.